The van der Waals surface area contributed by atoms with Crippen LogP contribution in [-0.2, 0) is 19.1 Å². The van der Waals surface area contributed by atoms with Gasteiger partial charge in [0.15, 0.2) is 0 Å². The van der Waals surface area contributed by atoms with Gasteiger partial charge in [-0.25, -0.2) is 4.39 Å². The van der Waals surface area contributed by atoms with Crippen LogP contribution in [0.3, 0.4) is 0 Å². The number of rotatable bonds is 5. The average molecular weight is 206 g/mol. The van der Waals surface area contributed by atoms with Crippen molar-refractivity contribution in [1.82, 2.24) is 0 Å². The quantitative estimate of drug-likeness (QED) is 0.632. The van der Waals surface area contributed by atoms with Gasteiger partial charge in [-0.2, -0.15) is 0 Å². The zero-order chi connectivity index (χ0) is 11.1. The Morgan fingerprint density at radius 3 is 1.71 bits per heavy atom. The van der Waals surface area contributed by atoms with Gasteiger partial charge in [-0.05, 0) is 6.92 Å². The van der Waals surface area contributed by atoms with E-state index in [9.17, 15) is 14.0 Å². The van der Waals surface area contributed by atoms with Gasteiger partial charge in [0.2, 0.25) is 0 Å². The molecule has 0 aliphatic carbocycles. The maximum atomic E-state index is 12.9. The first-order valence-electron chi connectivity index (χ1n) is 4.34. The van der Waals surface area contributed by atoms with Crippen LogP contribution in [0.2, 0.25) is 0 Å². The number of esters is 2. The summed E-state index contributed by atoms with van der Waals surface area (Å²) in [6.07, 6.45) is -1.19. The van der Waals surface area contributed by atoms with E-state index in [4.69, 9.17) is 0 Å². The molecule has 4 nitrogen and oxygen atoms in total. The number of halogens is 1. The fraction of sp³-hybridized carbons (Fsp3) is 0.778. The van der Waals surface area contributed by atoms with Crippen molar-refractivity contribution in [1.29, 1.82) is 0 Å². The third-order valence-electron chi connectivity index (χ3n) is 1.65. The minimum atomic E-state index is -1.19. The highest BCUT2D eigenvalue weighted by Crippen LogP contribution is 2.09. The molecule has 82 valence electrons. The van der Waals surface area contributed by atoms with Crippen LogP contribution in [0.5, 0.6) is 0 Å². The molecule has 0 fully saturated rings. The lowest BCUT2D eigenvalue weighted by Gasteiger charge is -2.17. The highest BCUT2D eigenvalue weighted by Gasteiger charge is 2.19. The smallest absolute Gasteiger partial charge is 0.302 e. The molecule has 14 heavy (non-hydrogen) atoms. The van der Waals surface area contributed by atoms with Gasteiger partial charge in [0.05, 0.1) is 5.92 Å². The molecule has 0 N–H and O–H groups in total. The molecular weight excluding hydrogens is 191 g/mol. The van der Waals surface area contributed by atoms with E-state index in [0.717, 1.165) is 0 Å². The second-order valence-corrected chi connectivity index (χ2v) is 3.04. The molecule has 0 aromatic rings. The molecule has 0 amide bonds. The van der Waals surface area contributed by atoms with E-state index in [-0.39, 0.29) is 13.2 Å². The summed E-state index contributed by atoms with van der Waals surface area (Å²) in [6, 6.07) is 0. The van der Waals surface area contributed by atoms with Crippen molar-refractivity contribution in [3.63, 3.8) is 0 Å². The number of ether oxygens (including phenoxy) is 2. The van der Waals surface area contributed by atoms with Crippen LogP contribution >= 0.6 is 0 Å². The predicted molar refractivity (Wildman–Crippen MR) is 47.3 cm³/mol. The Morgan fingerprint density at radius 2 is 1.50 bits per heavy atom. The summed E-state index contributed by atoms with van der Waals surface area (Å²) in [5.74, 6) is -1.54. The largest absolute Gasteiger partial charge is 0.465 e. The second kappa shape index (κ2) is 6.34. The Morgan fingerprint density at radius 1 is 1.14 bits per heavy atom. The van der Waals surface area contributed by atoms with E-state index in [0.29, 0.717) is 0 Å². The van der Waals surface area contributed by atoms with E-state index < -0.39 is 24.0 Å². The molecule has 0 rings (SSSR count). The molecule has 0 aliphatic heterocycles. The summed E-state index contributed by atoms with van der Waals surface area (Å²) < 4.78 is 22.1. The SMILES string of the molecule is CC(=O)OCC(COC(C)=O)[C@H](C)F. The number of alkyl halides is 1. The predicted octanol–water partition coefficient (Wildman–Crippen LogP) is 1.09. The van der Waals surface area contributed by atoms with Gasteiger partial charge in [-0.1, -0.05) is 0 Å². The minimum absolute atomic E-state index is 0.0692. The van der Waals surface area contributed by atoms with E-state index >= 15 is 0 Å². The lowest BCUT2D eigenvalue weighted by atomic mass is 10.1. The zero-order valence-corrected chi connectivity index (χ0v) is 8.58. The number of carbonyl (C=O) groups excluding carboxylic acids is 2. The first kappa shape index (κ1) is 12.9. The molecule has 0 spiro atoms. The van der Waals surface area contributed by atoms with Crippen molar-refractivity contribution < 1.29 is 23.5 Å². The molecular formula is C9H15FO4. The maximum Gasteiger partial charge on any atom is 0.302 e. The molecule has 0 aliphatic rings. The molecule has 0 aromatic carbocycles. The monoisotopic (exact) mass is 206 g/mol. The van der Waals surface area contributed by atoms with E-state index in [2.05, 4.69) is 9.47 Å². The topological polar surface area (TPSA) is 52.6 Å². The first-order valence-corrected chi connectivity index (χ1v) is 4.34. The lowest BCUT2D eigenvalue weighted by Crippen LogP contribution is -2.26. The standard InChI is InChI=1S/C9H15FO4/c1-6(10)9(4-13-7(2)11)5-14-8(3)12/h6,9H,4-5H2,1-3H3/t6-/m0/s1. The molecule has 0 radical (unpaired) electrons. The van der Waals surface area contributed by atoms with Gasteiger partial charge in [0, 0.05) is 13.8 Å². The van der Waals surface area contributed by atoms with E-state index in [1.165, 1.54) is 20.8 Å². The fourth-order valence-corrected chi connectivity index (χ4v) is 0.762. The van der Waals surface area contributed by atoms with Gasteiger partial charge in [-0.3, -0.25) is 9.59 Å². The molecule has 0 heterocycles. The van der Waals surface area contributed by atoms with Crippen LogP contribution in [-0.4, -0.2) is 31.3 Å². The van der Waals surface area contributed by atoms with Gasteiger partial charge in [0.25, 0.3) is 0 Å². The number of carbonyl (C=O) groups is 2. The van der Waals surface area contributed by atoms with Crippen molar-refractivity contribution in [2.75, 3.05) is 13.2 Å². The summed E-state index contributed by atoms with van der Waals surface area (Å²) in [5, 5.41) is 0. The highest BCUT2D eigenvalue weighted by atomic mass is 19.1. The summed E-state index contributed by atoms with van der Waals surface area (Å²) >= 11 is 0. The molecule has 0 saturated carbocycles. The minimum Gasteiger partial charge on any atom is -0.465 e. The van der Waals surface area contributed by atoms with Crippen molar-refractivity contribution in [2.45, 2.75) is 26.9 Å². The van der Waals surface area contributed by atoms with Crippen LogP contribution in [0.25, 0.3) is 0 Å². The Hall–Kier alpha value is -1.13. The summed E-state index contributed by atoms with van der Waals surface area (Å²) in [6.45, 7) is 3.68. The third kappa shape index (κ3) is 6.39. The first-order chi connectivity index (χ1) is 6.43. The second-order valence-electron chi connectivity index (χ2n) is 3.04. The molecule has 0 unspecified atom stereocenters. The lowest BCUT2D eigenvalue weighted by molar-refractivity contribution is -0.147. The van der Waals surface area contributed by atoms with Crippen molar-refractivity contribution in [3.8, 4) is 0 Å². The molecule has 0 saturated heterocycles. The van der Waals surface area contributed by atoms with Gasteiger partial charge in [0.1, 0.15) is 19.4 Å². The number of hydrogen-bond donors (Lipinski definition) is 0. The summed E-state index contributed by atoms with van der Waals surface area (Å²) in [5.41, 5.74) is 0. The Labute approximate surface area is 82.4 Å². The molecule has 0 bridgehead atoms. The van der Waals surface area contributed by atoms with Crippen LogP contribution in [0.1, 0.15) is 20.8 Å². The van der Waals surface area contributed by atoms with Gasteiger partial charge in [-0.15, -0.1) is 0 Å². The maximum absolute atomic E-state index is 12.9. The van der Waals surface area contributed by atoms with E-state index in [1.807, 2.05) is 0 Å². The van der Waals surface area contributed by atoms with Crippen molar-refractivity contribution >= 4 is 11.9 Å². The normalized spacial score (nSPS) is 12.4. The van der Waals surface area contributed by atoms with Crippen LogP contribution in [0.15, 0.2) is 0 Å². The molecule has 1 atom stereocenters. The third-order valence-corrected chi connectivity index (χ3v) is 1.65. The van der Waals surface area contributed by atoms with Crippen molar-refractivity contribution in [3.05, 3.63) is 0 Å². The van der Waals surface area contributed by atoms with Crippen molar-refractivity contribution in [2.24, 2.45) is 5.92 Å². The van der Waals surface area contributed by atoms with Crippen LogP contribution in [0.4, 0.5) is 4.39 Å². The summed E-state index contributed by atoms with van der Waals surface area (Å²) in [4.78, 5) is 20.9. The zero-order valence-electron chi connectivity index (χ0n) is 8.58. The Balaban J connectivity index is 3.89. The van der Waals surface area contributed by atoms with Gasteiger partial charge < -0.3 is 9.47 Å². The van der Waals surface area contributed by atoms with E-state index in [1.54, 1.807) is 0 Å². The Kier molecular flexibility index (Phi) is 5.83. The number of hydrogen-bond acceptors (Lipinski definition) is 4. The fourth-order valence-electron chi connectivity index (χ4n) is 0.762. The van der Waals surface area contributed by atoms with Crippen LogP contribution in [0, 0.1) is 5.92 Å². The Bertz CT molecular complexity index is 185. The average Bonchev–Trinajstić information content (AvgIpc) is 2.02. The van der Waals surface area contributed by atoms with Gasteiger partial charge >= 0.3 is 11.9 Å². The highest BCUT2D eigenvalue weighted by molar-refractivity contribution is 5.66. The molecule has 5 heteroatoms. The molecule has 0 aromatic heterocycles. The summed E-state index contributed by atoms with van der Waals surface area (Å²) in [7, 11) is 0. The van der Waals surface area contributed by atoms with Crippen LogP contribution < -0.4 is 0 Å².